The van der Waals surface area contributed by atoms with Crippen LogP contribution in [0.15, 0.2) is 36.4 Å². The molecule has 4 aliphatic rings. The molecule has 2 saturated carbocycles. The number of hydrogen-bond donors (Lipinski definition) is 2. The number of aliphatic carboxylic acids is 1. The normalized spacial score (nSPS) is 36.2. The zero-order valence-corrected chi connectivity index (χ0v) is 12.8. The molecular formula is C18H19NO4. The van der Waals surface area contributed by atoms with E-state index < -0.39 is 17.8 Å². The smallest absolute Gasteiger partial charge is 0.307 e. The van der Waals surface area contributed by atoms with E-state index in [-0.39, 0.29) is 17.7 Å². The van der Waals surface area contributed by atoms with Crippen molar-refractivity contribution < 1.29 is 19.4 Å². The molecule has 6 atom stereocenters. The van der Waals surface area contributed by atoms with Gasteiger partial charge in [0.05, 0.1) is 18.9 Å². The number of amides is 1. The number of carbonyl (C=O) groups is 2. The van der Waals surface area contributed by atoms with Crippen LogP contribution in [0, 0.1) is 35.5 Å². The zero-order valence-electron chi connectivity index (χ0n) is 12.8. The highest BCUT2D eigenvalue weighted by atomic mass is 16.5. The number of benzene rings is 1. The number of carbonyl (C=O) groups excluding carboxylic acids is 1. The van der Waals surface area contributed by atoms with E-state index in [9.17, 15) is 14.7 Å². The minimum Gasteiger partial charge on any atom is -0.497 e. The molecule has 5 heteroatoms. The SMILES string of the molecule is COc1ccc(NC(=O)[C@H]2[C@H]3C=C[C@H]([C@H]4C[C@@H]34)[C@@H]2C(=O)O)cc1. The lowest BCUT2D eigenvalue weighted by Crippen LogP contribution is -2.48. The van der Waals surface area contributed by atoms with Crippen LogP contribution in [-0.2, 0) is 9.59 Å². The van der Waals surface area contributed by atoms with Gasteiger partial charge in [-0.15, -0.1) is 0 Å². The Morgan fingerprint density at radius 2 is 1.70 bits per heavy atom. The maximum Gasteiger partial charge on any atom is 0.307 e. The summed E-state index contributed by atoms with van der Waals surface area (Å²) in [4.78, 5) is 24.5. The Bertz CT molecular complexity index is 681. The van der Waals surface area contributed by atoms with Gasteiger partial charge in [-0.1, -0.05) is 12.2 Å². The number of allylic oxidation sites excluding steroid dienone is 2. The fraction of sp³-hybridized carbons (Fsp3) is 0.444. The minimum absolute atomic E-state index is 0.00844. The average Bonchev–Trinajstić information content (AvgIpc) is 3.37. The number of rotatable bonds is 4. The van der Waals surface area contributed by atoms with Gasteiger partial charge < -0.3 is 15.2 Å². The molecule has 1 amide bonds. The lowest BCUT2D eigenvalue weighted by atomic mass is 9.62. The Kier molecular flexibility index (Phi) is 3.18. The van der Waals surface area contributed by atoms with E-state index >= 15 is 0 Å². The summed E-state index contributed by atoms with van der Waals surface area (Å²) in [6.07, 6.45) is 5.14. The van der Waals surface area contributed by atoms with E-state index in [1.54, 1.807) is 31.4 Å². The molecule has 5 rings (SSSR count). The van der Waals surface area contributed by atoms with E-state index in [1.165, 1.54) is 0 Å². The maximum atomic E-state index is 12.8. The fourth-order valence-electron chi connectivity index (χ4n) is 4.47. The number of methoxy groups -OCH3 is 1. The van der Waals surface area contributed by atoms with Crippen molar-refractivity contribution >= 4 is 17.6 Å². The molecule has 2 N–H and O–H groups in total. The van der Waals surface area contributed by atoms with Crippen LogP contribution in [0.5, 0.6) is 5.75 Å². The molecule has 4 aliphatic carbocycles. The molecule has 0 aromatic heterocycles. The highest BCUT2D eigenvalue weighted by Crippen LogP contribution is 2.63. The van der Waals surface area contributed by atoms with Crippen molar-refractivity contribution in [3.05, 3.63) is 36.4 Å². The first-order valence-electron chi connectivity index (χ1n) is 7.96. The van der Waals surface area contributed by atoms with Gasteiger partial charge in [-0.2, -0.15) is 0 Å². The third kappa shape index (κ3) is 2.22. The average molecular weight is 313 g/mol. The summed E-state index contributed by atoms with van der Waals surface area (Å²) in [5, 5.41) is 12.5. The molecular weight excluding hydrogens is 294 g/mol. The standard InChI is InChI=1S/C18H19NO4/c1-23-10-4-2-9(3-5-10)19-17(20)15-11-6-7-12(14-8-13(11)14)16(15)18(21)22/h2-7,11-16H,8H2,1H3,(H,19,20)(H,21,22)/t11-,12+,13-,14+,15-,16-/m0/s1. The van der Waals surface area contributed by atoms with E-state index in [4.69, 9.17) is 4.74 Å². The van der Waals surface area contributed by atoms with E-state index in [1.807, 2.05) is 6.08 Å². The number of anilines is 1. The molecule has 1 aromatic rings. The molecule has 23 heavy (non-hydrogen) atoms. The van der Waals surface area contributed by atoms with Gasteiger partial charge in [-0.3, -0.25) is 9.59 Å². The Hall–Kier alpha value is -2.30. The second-order valence-electron chi connectivity index (χ2n) is 6.71. The van der Waals surface area contributed by atoms with Crippen molar-refractivity contribution in [3.8, 4) is 5.75 Å². The van der Waals surface area contributed by atoms with Crippen LogP contribution < -0.4 is 10.1 Å². The van der Waals surface area contributed by atoms with Gasteiger partial charge in [0.1, 0.15) is 5.75 Å². The molecule has 0 saturated heterocycles. The summed E-state index contributed by atoms with van der Waals surface area (Å²) in [5.74, 6) is -0.383. The van der Waals surface area contributed by atoms with Gasteiger partial charge >= 0.3 is 5.97 Å². The van der Waals surface area contributed by atoms with Crippen molar-refractivity contribution in [2.75, 3.05) is 12.4 Å². The van der Waals surface area contributed by atoms with Crippen molar-refractivity contribution in [2.45, 2.75) is 6.42 Å². The molecule has 0 heterocycles. The van der Waals surface area contributed by atoms with Gasteiger partial charge in [0.25, 0.3) is 0 Å². The van der Waals surface area contributed by atoms with Crippen molar-refractivity contribution in [1.29, 1.82) is 0 Å². The summed E-state index contributed by atoms with van der Waals surface area (Å²) in [6, 6.07) is 7.08. The third-order valence-electron chi connectivity index (χ3n) is 5.60. The molecule has 1 aromatic carbocycles. The maximum absolute atomic E-state index is 12.8. The minimum atomic E-state index is -0.857. The van der Waals surface area contributed by atoms with E-state index in [0.717, 1.165) is 6.42 Å². The molecule has 2 fully saturated rings. The van der Waals surface area contributed by atoms with Crippen molar-refractivity contribution in [3.63, 3.8) is 0 Å². The largest absolute Gasteiger partial charge is 0.497 e. The predicted molar refractivity (Wildman–Crippen MR) is 84.0 cm³/mol. The Morgan fingerprint density at radius 1 is 1.09 bits per heavy atom. The highest BCUT2D eigenvalue weighted by molar-refractivity contribution is 5.96. The van der Waals surface area contributed by atoms with Crippen molar-refractivity contribution in [2.24, 2.45) is 35.5 Å². The predicted octanol–water partition coefficient (Wildman–Crippen LogP) is 2.40. The summed E-state index contributed by atoms with van der Waals surface area (Å²) < 4.78 is 5.10. The van der Waals surface area contributed by atoms with E-state index in [0.29, 0.717) is 23.3 Å². The third-order valence-corrected chi connectivity index (χ3v) is 5.60. The molecule has 5 nitrogen and oxygen atoms in total. The zero-order chi connectivity index (χ0) is 16.1. The van der Waals surface area contributed by atoms with Crippen LogP contribution in [0.1, 0.15) is 6.42 Å². The molecule has 0 unspecified atom stereocenters. The molecule has 0 spiro atoms. The number of nitrogens with one attached hydrogen (secondary N) is 1. The first-order chi connectivity index (χ1) is 11.1. The van der Waals surface area contributed by atoms with Crippen LogP contribution in [0.2, 0.25) is 0 Å². The first kappa shape index (κ1) is 14.3. The second kappa shape index (κ2) is 5.11. The van der Waals surface area contributed by atoms with Crippen LogP contribution in [-0.4, -0.2) is 24.1 Å². The quantitative estimate of drug-likeness (QED) is 0.837. The fourth-order valence-corrected chi connectivity index (χ4v) is 4.47. The van der Waals surface area contributed by atoms with Gasteiger partial charge in [-0.05, 0) is 54.4 Å². The number of carboxylic acid groups (broad SMARTS) is 1. The Morgan fingerprint density at radius 3 is 2.26 bits per heavy atom. The second-order valence-corrected chi connectivity index (χ2v) is 6.71. The molecule has 2 bridgehead atoms. The lowest BCUT2D eigenvalue weighted by Gasteiger charge is -2.41. The van der Waals surface area contributed by atoms with Gasteiger partial charge in [0, 0.05) is 5.69 Å². The number of carboxylic acids is 1. The summed E-state index contributed by atoms with van der Waals surface area (Å²) in [7, 11) is 1.59. The Balaban J connectivity index is 1.56. The number of ether oxygens (including phenoxy) is 1. The number of fused-ring (bicyclic) bond motifs is 1. The summed E-state index contributed by atoms with van der Waals surface area (Å²) >= 11 is 0. The van der Waals surface area contributed by atoms with Crippen LogP contribution in [0.4, 0.5) is 5.69 Å². The highest BCUT2D eigenvalue weighted by Gasteiger charge is 2.62. The molecule has 0 radical (unpaired) electrons. The summed E-state index contributed by atoms with van der Waals surface area (Å²) in [6.45, 7) is 0. The monoisotopic (exact) mass is 313 g/mol. The molecule has 0 aliphatic heterocycles. The Labute approximate surface area is 134 Å². The first-order valence-corrected chi connectivity index (χ1v) is 7.96. The van der Waals surface area contributed by atoms with E-state index in [2.05, 4.69) is 11.4 Å². The summed E-state index contributed by atoms with van der Waals surface area (Å²) in [5.41, 5.74) is 0.665. The van der Waals surface area contributed by atoms with Gasteiger partial charge in [-0.25, -0.2) is 0 Å². The van der Waals surface area contributed by atoms with Crippen LogP contribution >= 0.6 is 0 Å². The van der Waals surface area contributed by atoms with Crippen LogP contribution in [0.25, 0.3) is 0 Å². The molecule has 120 valence electrons. The lowest BCUT2D eigenvalue weighted by molar-refractivity contribution is -0.152. The van der Waals surface area contributed by atoms with Gasteiger partial charge in [0.2, 0.25) is 5.91 Å². The van der Waals surface area contributed by atoms with Gasteiger partial charge in [0.15, 0.2) is 0 Å². The van der Waals surface area contributed by atoms with Crippen molar-refractivity contribution in [1.82, 2.24) is 0 Å². The van der Waals surface area contributed by atoms with Crippen LogP contribution in [0.3, 0.4) is 0 Å². The number of hydrogen-bond acceptors (Lipinski definition) is 3. The topological polar surface area (TPSA) is 75.6 Å².